The summed E-state index contributed by atoms with van der Waals surface area (Å²) in [5.41, 5.74) is 1.48. The molecule has 2 saturated heterocycles. The van der Waals surface area contributed by atoms with Crippen LogP contribution < -0.4 is 4.90 Å². The molecule has 0 atom stereocenters. The standard InChI is InChI=1S/C17H21ClN4O3/c18-13-2-3-15-14(12-13)19-16(25-15)20-4-1-5-21(7-6-20)17(23)22-8-10-24-11-9-22/h2-3,12H,1,4-11H2. The van der Waals surface area contributed by atoms with E-state index in [9.17, 15) is 4.79 Å². The molecule has 1 aromatic carbocycles. The third kappa shape index (κ3) is 3.52. The predicted molar refractivity (Wildman–Crippen MR) is 95.2 cm³/mol. The van der Waals surface area contributed by atoms with E-state index in [2.05, 4.69) is 9.88 Å². The highest BCUT2D eigenvalue weighted by Crippen LogP contribution is 2.25. The molecule has 0 aliphatic carbocycles. The highest BCUT2D eigenvalue weighted by atomic mass is 35.5. The van der Waals surface area contributed by atoms with Gasteiger partial charge in [-0.05, 0) is 24.6 Å². The van der Waals surface area contributed by atoms with Crippen LogP contribution in [0.1, 0.15) is 6.42 Å². The monoisotopic (exact) mass is 364 g/mol. The zero-order valence-corrected chi connectivity index (χ0v) is 14.7. The number of hydrogen-bond donors (Lipinski definition) is 0. The minimum atomic E-state index is 0.106. The average Bonchev–Trinajstić information content (AvgIpc) is 2.89. The highest BCUT2D eigenvalue weighted by Gasteiger charge is 2.26. The molecule has 3 heterocycles. The van der Waals surface area contributed by atoms with Crippen molar-refractivity contribution in [3.05, 3.63) is 23.2 Å². The maximum absolute atomic E-state index is 12.7. The van der Waals surface area contributed by atoms with E-state index >= 15 is 0 Å². The van der Waals surface area contributed by atoms with Crippen molar-refractivity contribution in [3.8, 4) is 0 Å². The first-order chi connectivity index (χ1) is 12.2. The molecule has 0 radical (unpaired) electrons. The summed E-state index contributed by atoms with van der Waals surface area (Å²) in [4.78, 5) is 23.1. The van der Waals surface area contributed by atoms with Gasteiger partial charge in [-0.2, -0.15) is 4.98 Å². The van der Waals surface area contributed by atoms with E-state index in [4.69, 9.17) is 20.8 Å². The Balaban J connectivity index is 1.44. The molecule has 0 unspecified atom stereocenters. The molecule has 0 bridgehead atoms. The third-order valence-electron chi connectivity index (χ3n) is 4.66. The lowest BCUT2D eigenvalue weighted by Crippen LogP contribution is -2.49. The lowest BCUT2D eigenvalue weighted by Gasteiger charge is -2.32. The maximum atomic E-state index is 12.7. The molecule has 134 valence electrons. The molecule has 2 aliphatic heterocycles. The molecule has 7 nitrogen and oxygen atoms in total. The number of anilines is 1. The number of benzene rings is 1. The summed E-state index contributed by atoms with van der Waals surface area (Å²) in [6.07, 6.45) is 0.884. The van der Waals surface area contributed by atoms with Crippen molar-refractivity contribution < 1.29 is 13.9 Å². The Morgan fingerprint density at radius 3 is 2.68 bits per heavy atom. The summed E-state index contributed by atoms with van der Waals surface area (Å²) in [7, 11) is 0. The summed E-state index contributed by atoms with van der Waals surface area (Å²) in [5.74, 6) is 0. The number of amides is 2. The number of nitrogens with zero attached hydrogens (tertiary/aromatic N) is 4. The van der Waals surface area contributed by atoms with Crippen molar-refractivity contribution in [2.24, 2.45) is 0 Å². The number of carbonyl (C=O) groups is 1. The first kappa shape index (κ1) is 16.5. The maximum Gasteiger partial charge on any atom is 0.320 e. The molecular weight excluding hydrogens is 344 g/mol. The van der Waals surface area contributed by atoms with Crippen LogP contribution in [-0.4, -0.2) is 73.3 Å². The van der Waals surface area contributed by atoms with Crippen LogP contribution in [0.2, 0.25) is 5.02 Å². The van der Waals surface area contributed by atoms with Crippen molar-refractivity contribution >= 4 is 34.7 Å². The van der Waals surface area contributed by atoms with Gasteiger partial charge in [0.1, 0.15) is 5.52 Å². The van der Waals surface area contributed by atoms with E-state index in [1.54, 1.807) is 12.1 Å². The minimum Gasteiger partial charge on any atom is -0.423 e. The average molecular weight is 365 g/mol. The van der Waals surface area contributed by atoms with E-state index in [-0.39, 0.29) is 6.03 Å². The molecule has 2 aromatic rings. The van der Waals surface area contributed by atoms with Crippen LogP contribution in [0.15, 0.2) is 22.6 Å². The van der Waals surface area contributed by atoms with Gasteiger partial charge in [-0.15, -0.1) is 0 Å². The Bertz CT molecular complexity index is 759. The number of oxazole rings is 1. The number of aromatic nitrogens is 1. The minimum absolute atomic E-state index is 0.106. The topological polar surface area (TPSA) is 62.1 Å². The normalized spacial score (nSPS) is 19.3. The second kappa shape index (κ2) is 7.09. The van der Waals surface area contributed by atoms with Gasteiger partial charge in [0, 0.05) is 44.3 Å². The van der Waals surface area contributed by atoms with Crippen molar-refractivity contribution in [3.63, 3.8) is 0 Å². The Labute approximate surface area is 151 Å². The quantitative estimate of drug-likeness (QED) is 0.777. The van der Waals surface area contributed by atoms with Crippen LogP contribution >= 0.6 is 11.6 Å². The number of hydrogen-bond acceptors (Lipinski definition) is 5. The fourth-order valence-electron chi connectivity index (χ4n) is 3.28. The Hall–Kier alpha value is -1.99. The number of halogens is 1. The molecule has 0 spiro atoms. The molecule has 0 N–H and O–H groups in total. The molecule has 1 aromatic heterocycles. The summed E-state index contributed by atoms with van der Waals surface area (Å²) in [6, 6.07) is 6.13. The summed E-state index contributed by atoms with van der Waals surface area (Å²) >= 11 is 6.01. The van der Waals surface area contributed by atoms with E-state index in [1.165, 1.54) is 0 Å². The second-order valence-corrected chi connectivity index (χ2v) is 6.75. The largest absolute Gasteiger partial charge is 0.423 e. The van der Waals surface area contributed by atoms with Gasteiger partial charge in [0.15, 0.2) is 5.58 Å². The zero-order chi connectivity index (χ0) is 17.2. The first-order valence-electron chi connectivity index (χ1n) is 8.63. The van der Waals surface area contributed by atoms with Crippen LogP contribution in [0.4, 0.5) is 10.8 Å². The van der Waals surface area contributed by atoms with Crippen LogP contribution in [0.25, 0.3) is 11.1 Å². The van der Waals surface area contributed by atoms with Crippen molar-refractivity contribution in [1.29, 1.82) is 0 Å². The molecule has 8 heteroatoms. The fraction of sp³-hybridized carbons (Fsp3) is 0.529. The Kier molecular flexibility index (Phi) is 4.67. The SMILES string of the molecule is O=C(N1CCOCC1)N1CCCN(c2nc3cc(Cl)ccc3o2)CC1. The number of carbonyl (C=O) groups excluding carboxylic acids is 1. The second-order valence-electron chi connectivity index (χ2n) is 6.32. The van der Waals surface area contributed by atoms with E-state index in [0.29, 0.717) is 50.4 Å². The number of morpholine rings is 1. The van der Waals surface area contributed by atoms with Gasteiger partial charge in [-0.3, -0.25) is 0 Å². The van der Waals surface area contributed by atoms with E-state index in [1.807, 2.05) is 15.9 Å². The molecule has 2 amide bonds. The number of fused-ring (bicyclic) bond motifs is 1. The molecule has 2 aliphatic rings. The lowest BCUT2D eigenvalue weighted by atomic mass is 10.3. The van der Waals surface area contributed by atoms with E-state index < -0.39 is 0 Å². The van der Waals surface area contributed by atoms with Gasteiger partial charge in [-0.25, -0.2) is 4.79 Å². The van der Waals surface area contributed by atoms with Crippen LogP contribution in [0.3, 0.4) is 0 Å². The molecule has 0 saturated carbocycles. The highest BCUT2D eigenvalue weighted by molar-refractivity contribution is 6.31. The number of urea groups is 1. The van der Waals surface area contributed by atoms with Crippen LogP contribution in [0.5, 0.6) is 0 Å². The van der Waals surface area contributed by atoms with Gasteiger partial charge >= 0.3 is 6.03 Å². The first-order valence-corrected chi connectivity index (χ1v) is 9.01. The molecule has 2 fully saturated rings. The van der Waals surface area contributed by atoms with Gasteiger partial charge in [0.25, 0.3) is 6.01 Å². The fourth-order valence-corrected chi connectivity index (χ4v) is 3.44. The Morgan fingerprint density at radius 2 is 1.84 bits per heavy atom. The lowest BCUT2D eigenvalue weighted by molar-refractivity contribution is 0.0438. The van der Waals surface area contributed by atoms with E-state index in [0.717, 1.165) is 30.6 Å². The summed E-state index contributed by atoms with van der Waals surface area (Å²) < 4.78 is 11.2. The van der Waals surface area contributed by atoms with Crippen LogP contribution in [-0.2, 0) is 4.74 Å². The zero-order valence-electron chi connectivity index (χ0n) is 14.0. The van der Waals surface area contributed by atoms with Gasteiger partial charge in [0.05, 0.1) is 13.2 Å². The molecular formula is C17H21ClN4O3. The van der Waals surface area contributed by atoms with Gasteiger partial charge in [-0.1, -0.05) is 11.6 Å². The van der Waals surface area contributed by atoms with Gasteiger partial charge in [0.2, 0.25) is 0 Å². The van der Waals surface area contributed by atoms with Crippen molar-refractivity contribution in [2.75, 3.05) is 57.4 Å². The molecule has 25 heavy (non-hydrogen) atoms. The van der Waals surface area contributed by atoms with Crippen molar-refractivity contribution in [1.82, 2.24) is 14.8 Å². The van der Waals surface area contributed by atoms with Gasteiger partial charge < -0.3 is 23.9 Å². The number of rotatable bonds is 1. The van der Waals surface area contributed by atoms with Crippen molar-refractivity contribution in [2.45, 2.75) is 6.42 Å². The molecule has 4 rings (SSSR count). The van der Waals surface area contributed by atoms with Crippen LogP contribution in [0, 0.1) is 0 Å². The Morgan fingerprint density at radius 1 is 1.04 bits per heavy atom. The third-order valence-corrected chi connectivity index (χ3v) is 4.89. The smallest absolute Gasteiger partial charge is 0.320 e. The number of ether oxygens (including phenoxy) is 1. The predicted octanol–water partition coefficient (Wildman–Crippen LogP) is 2.45. The summed E-state index contributed by atoms with van der Waals surface area (Å²) in [5, 5.41) is 0.644. The summed E-state index contributed by atoms with van der Waals surface area (Å²) in [6.45, 7) is 5.52.